The van der Waals surface area contributed by atoms with Gasteiger partial charge in [-0.2, -0.15) is 0 Å². The van der Waals surface area contributed by atoms with Crippen molar-refractivity contribution in [1.29, 1.82) is 0 Å². The topological polar surface area (TPSA) is 17.3 Å². The minimum atomic E-state index is 1.01. The van der Waals surface area contributed by atoms with E-state index in [1.54, 1.807) is 0 Å². The fraction of sp³-hybridized carbons (Fsp3) is 0.364. The summed E-state index contributed by atoms with van der Waals surface area (Å²) in [5.74, 6) is 0. The molecule has 2 nitrogen and oxygen atoms in total. The molecule has 2 aromatic rings. The average molecular weight is 255 g/mol. The van der Waals surface area contributed by atoms with Gasteiger partial charge in [0.2, 0.25) is 0 Å². The number of aryl methyl sites for hydroxylation is 2. The molecule has 0 radical (unpaired) electrons. The number of hydrogen-bond acceptors (Lipinski definition) is 1. The van der Waals surface area contributed by atoms with Crippen LogP contribution in [-0.4, -0.2) is 9.38 Å². The van der Waals surface area contributed by atoms with Crippen molar-refractivity contribution in [2.24, 2.45) is 0 Å². The Kier molecular flexibility index (Phi) is 3.69. The van der Waals surface area contributed by atoms with E-state index in [4.69, 9.17) is 0 Å². The fourth-order valence-electron chi connectivity index (χ4n) is 1.38. The van der Waals surface area contributed by atoms with Gasteiger partial charge in [-0.1, -0.05) is 13.8 Å². The SMILES string of the molecule is CC.Cc1cnc2ccc(Br)c(C)n12. The molecule has 2 rings (SSSR count). The van der Waals surface area contributed by atoms with E-state index in [1.165, 1.54) is 11.4 Å². The van der Waals surface area contributed by atoms with Crippen molar-refractivity contribution in [3.63, 3.8) is 0 Å². The Morgan fingerprint density at radius 2 is 1.86 bits per heavy atom. The quantitative estimate of drug-likeness (QED) is 0.701. The maximum atomic E-state index is 4.26. The van der Waals surface area contributed by atoms with Crippen LogP contribution >= 0.6 is 15.9 Å². The number of imidazole rings is 1. The van der Waals surface area contributed by atoms with Crippen molar-refractivity contribution in [1.82, 2.24) is 9.38 Å². The van der Waals surface area contributed by atoms with Crippen molar-refractivity contribution in [2.45, 2.75) is 27.7 Å². The molecule has 0 aromatic carbocycles. The highest BCUT2D eigenvalue weighted by atomic mass is 79.9. The zero-order chi connectivity index (χ0) is 10.7. The van der Waals surface area contributed by atoms with Gasteiger partial charge in [0.1, 0.15) is 5.65 Å². The van der Waals surface area contributed by atoms with Gasteiger partial charge >= 0.3 is 0 Å². The van der Waals surface area contributed by atoms with Crippen LogP contribution in [0, 0.1) is 13.8 Å². The molecule has 0 saturated heterocycles. The van der Waals surface area contributed by atoms with Gasteiger partial charge in [0, 0.05) is 22.1 Å². The molecule has 3 heteroatoms. The lowest BCUT2D eigenvalue weighted by Crippen LogP contribution is -1.93. The highest BCUT2D eigenvalue weighted by molar-refractivity contribution is 9.10. The summed E-state index contributed by atoms with van der Waals surface area (Å²) < 4.78 is 3.25. The van der Waals surface area contributed by atoms with E-state index < -0.39 is 0 Å². The first-order valence-corrected chi connectivity index (χ1v) is 5.58. The molecule has 0 aliphatic heterocycles. The first kappa shape index (κ1) is 11.2. The molecule has 0 atom stereocenters. The minimum absolute atomic E-state index is 1.01. The zero-order valence-corrected chi connectivity index (χ0v) is 10.6. The molecular formula is C11H15BrN2. The third kappa shape index (κ3) is 1.82. The first-order valence-electron chi connectivity index (χ1n) is 4.79. The van der Waals surface area contributed by atoms with Crippen LogP contribution in [0.3, 0.4) is 0 Å². The predicted octanol–water partition coefficient (Wildman–Crippen LogP) is 3.74. The highest BCUT2D eigenvalue weighted by Crippen LogP contribution is 2.18. The molecule has 0 aliphatic rings. The summed E-state index contributed by atoms with van der Waals surface area (Å²) in [6.07, 6.45) is 1.88. The molecule has 0 bridgehead atoms. The van der Waals surface area contributed by atoms with Crippen LogP contribution < -0.4 is 0 Å². The molecule has 0 aliphatic carbocycles. The van der Waals surface area contributed by atoms with Gasteiger partial charge in [0.25, 0.3) is 0 Å². The van der Waals surface area contributed by atoms with E-state index in [-0.39, 0.29) is 0 Å². The number of hydrogen-bond donors (Lipinski definition) is 0. The Hall–Kier alpha value is -0.830. The molecule has 76 valence electrons. The smallest absolute Gasteiger partial charge is 0.137 e. The molecule has 0 saturated carbocycles. The monoisotopic (exact) mass is 254 g/mol. The highest BCUT2D eigenvalue weighted by Gasteiger charge is 2.03. The molecule has 14 heavy (non-hydrogen) atoms. The van der Waals surface area contributed by atoms with Crippen molar-refractivity contribution in [2.75, 3.05) is 0 Å². The van der Waals surface area contributed by atoms with Gasteiger partial charge in [-0.25, -0.2) is 4.98 Å². The van der Waals surface area contributed by atoms with Gasteiger partial charge < -0.3 is 4.40 Å². The lowest BCUT2D eigenvalue weighted by Gasteiger charge is -2.03. The number of pyridine rings is 1. The second kappa shape index (κ2) is 4.60. The zero-order valence-electron chi connectivity index (χ0n) is 9.00. The average Bonchev–Trinajstić information content (AvgIpc) is 2.58. The molecule has 0 spiro atoms. The summed E-state index contributed by atoms with van der Waals surface area (Å²) in [5, 5.41) is 0. The third-order valence-corrected chi connectivity index (χ3v) is 2.86. The fourth-order valence-corrected chi connectivity index (χ4v) is 1.69. The van der Waals surface area contributed by atoms with E-state index in [1.807, 2.05) is 32.2 Å². The van der Waals surface area contributed by atoms with E-state index in [2.05, 4.69) is 39.2 Å². The second-order valence-corrected chi connectivity index (χ2v) is 3.71. The van der Waals surface area contributed by atoms with Gasteiger partial charge in [-0.05, 0) is 41.9 Å². The van der Waals surface area contributed by atoms with Crippen LogP contribution in [0.15, 0.2) is 22.8 Å². The van der Waals surface area contributed by atoms with Crippen LogP contribution in [0.1, 0.15) is 25.2 Å². The van der Waals surface area contributed by atoms with Gasteiger partial charge in [-0.15, -0.1) is 0 Å². The largest absolute Gasteiger partial charge is 0.301 e. The van der Waals surface area contributed by atoms with Crippen molar-refractivity contribution < 1.29 is 0 Å². The molecule has 0 N–H and O–H groups in total. The van der Waals surface area contributed by atoms with E-state index in [0.29, 0.717) is 0 Å². The number of nitrogens with zero attached hydrogens (tertiary/aromatic N) is 2. The van der Waals surface area contributed by atoms with Crippen molar-refractivity contribution in [3.05, 3.63) is 34.2 Å². The Morgan fingerprint density at radius 1 is 1.21 bits per heavy atom. The Balaban J connectivity index is 0.000000461. The van der Waals surface area contributed by atoms with Gasteiger partial charge in [-0.3, -0.25) is 0 Å². The molecule has 0 amide bonds. The Bertz CT molecular complexity index is 432. The summed E-state index contributed by atoms with van der Waals surface area (Å²) in [7, 11) is 0. The summed E-state index contributed by atoms with van der Waals surface area (Å²) in [5.41, 5.74) is 3.37. The Morgan fingerprint density at radius 3 is 2.50 bits per heavy atom. The lowest BCUT2D eigenvalue weighted by molar-refractivity contribution is 1.03. The van der Waals surface area contributed by atoms with E-state index >= 15 is 0 Å². The van der Waals surface area contributed by atoms with Gasteiger partial charge in [0.05, 0.1) is 0 Å². The van der Waals surface area contributed by atoms with Crippen LogP contribution in [0.4, 0.5) is 0 Å². The Labute approximate surface area is 93.1 Å². The maximum absolute atomic E-state index is 4.26. The standard InChI is InChI=1S/C9H9BrN2.C2H6/c1-6-5-11-9-4-3-8(10)7(2)12(6)9;1-2/h3-5H,1-2H3;1-2H3. The molecule has 0 unspecified atom stereocenters. The van der Waals surface area contributed by atoms with Crippen LogP contribution in [0.25, 0.3) is 5.65 Å². The van der Waals surface area contributed by atoms with Crippen molar-refractivity contribution >= 4 is 21.6 Å². The molecule has 2 heterocycles. The lowest BCUT2D eigenvalue weighted by atomic mass is 10.3. The van der Waals surface area contributed by atoms with Crippen LogP contribution in [-0.2, 0) is 0 Å². The van der Waals surface area contributed by atoms with Gasteiger partial charge in [0.15, 0.2) is 0 Å². The first-order chi connectivity index (χ1) is 6.70. The summed E-state index contributed by atoms with van der Waals surface area (Å²) in [6.45, 7) is 8.13. The van der Waals surface area contributed by atoms with Crippen LogP contribution in [0.5, 0.6) is 0 Å². The number of rotatable bonds is 0. The number of fused-ring (bicyclic) bond motifs is 1. The second-order valence-electron chi connectivity index (χ2n) is 2.86. The summed E-state index contributed by atoms with van der Waals surface area (Å²) in [4.78, 5) is 4.26. The number of aromatic nitrogens is 2. The molecule has 0 fully saturated rings. The summed E-state index contributed by atoms with van der Waals surface area (Å²) in [6, 6.07) is 4.03. The molecule has 2 aromatic heterocycles. The van der Waals surface area contributed by atoms with E-state index in [9.17, 15) is 0 Å². The predicted molar refractivity (Wildman–Crippen MR) is 63.7 cm³/mol. The molecular weight excluding hydrogens is 240 g/mol. The maximum Gasteiger partial charge on any atom is 0.137 e. The third-order valence-electron chi connectivity index (χ3n) is 2.03. The van der Waals surface area contributed by atoms with E-state index in [0.717, 1.165) is 10.1 Å². The minimum Gasteiger partial charge on any atom is -0.301 e. The summed E-state index contributed by atoms with van der Waals surface area (Å²) >= 11 is 3.49. The van der Waals surface area contributed by atoms with Crippen molar-refractivity contribution in [3.8, 4) is 0 Å². The normalized spacial score (nSPS) is 9.79. The van der Waals surface area contributed by atoms with Crippen LogP contribution in [0.2, 0.25) is 0 Å². The number of halogens is 1.